The second-order valence-electron chi connectivity index (χ2n) is 12.2. The number of quaternary nitrogens is 1. The second kappa shape index (κ2) is 24.7. The van der Waals surface area contributed by atoms with Crippen LogP contribution in [0.3, 0.4) is 0 Å². The van der Waals surface area contributed by atoms with Gasteiger partial charge in [-0.05, 0) is 57.8 Å². The van der Waals surface area contributed by atoms with Gasteiger partial charge in [-0.2, -0.15) is 0 Å². The number of aliphatic carboxylic acids is 3. The molecule has 0 aliphatic carbocycles. The molecule has 3 atom stereocenters. The van der Waals surface area contributed by atoms with E-state index in [-0.39, 0.29) is 24.1 Å². The van der Waals surface area contributed by atoms with Crippen molar-refractivity contribution in [3.63, 3.8) is 0 Å². The fraction of sp³-hybridized carbons (Fsp3) is 0.853. The van der Waals surface area contributed by atoms with Gasteiger partial charge in [0.1, 0.15) is 17.8 Å². The highest BCUT2D eigenvalue weighted by Gasteiger charge is 2.40. The molecule has 0 rings (SSSR count). The average Bonchev–Trinajstić information content (AvgIpc) is 2.94. The maximum absolute atomic E-state index is 12.0. The van der Waals surface area contributed by atoms with Gasteiger partial charge in [-0.15, -0.1) is 0 Å². The zero-order chi connectivity index (χ0) is 30.9. The number of rotatable bonds is 29. The molecule has 41 heavy (non-hydrogen) atoms. The second-order valence-corrected chi connectivity index (χ2v) is 12.2. The van der Waals surface area contributed by atoms with Gasteiger partial charge in [0.15, 0.2) is 0 Å². The van der Waals surface area contributed by atoms with Crippen molar-refractivity contribution in [2.45, 2.75) is 143 Å². The van der Waals surface area contributed by atoms with Gasteiger partial charge in [-0.1, -0.05) is 97.6 Å². The molecule has 7 heteroatoms. The Bertz CT molecular complexity index is 662. The van der Waals surface area contributed by atoms with E-state index >= 15 is 0 Å². The third-order valence-corrected chi connectivity index (χ3v) is 8.74. The van der Waals surface area contributed by atoms with Crippen molar-refractivity contribution in [1.29, 1.82) is 0 Å². The van der Waals surface area contributed by atoms with Crippen LogP contribution in [0.5, 0.6) is 0 Å². The average molecular weight is 583 g/mol. The molecule has 0 aromatic heterocycles. The standard InChI is InChI=1S/C34H63NO6/c1-5-9-10-11-12-13-14-15-16-17-18-19-20-21-22-23-24-25-35(26-29(6-2)32(36)37,27-30(7-3)33(38)39)28-31(8-4)34(40)41/h12-13,29-31H,5-11,14-28H2,1-4H3,(H2-,36,37,38,39,40,41)/p+1/b13-12+. The number of carbonyl (C=O) groups is 3. The predicted octanol–water partition coefficient (Wildman–Crippen LogP) is 8.56. The summed E-state index contributed by atoms with van der Waals surface area (Å²) in [6.45, 7) is 9.24. The van der Waals surface area contributed by atoms with E-state index in [1.165, 1.54) is 77.0 Å². The minimum atomic E-state index is -0.888. The van der Waals surface area contributed by atoms with Crippen LogP contribution < -0.4 is 0 Å². The van der Waals surface area contributed by atoms with Crippen LogP contribution in [0.2, 0.25) is 0 Å². The van der Waals surface area contributed by atoms with Crippen LogP contribution in [0.25, 0.3) is 0 Å². The Kier molecular flexibility index (Phi) is 23.5. The van der Waals surface area contributed by atoms with E-state index in [4.69, 9.17) is 0 Å². The molecule has 0 spiro atoms. The van der Waals surface area contributed by atoms with Crippen molar-refractivity contribution >= 4 is 17.9 Å². The molecule has 240 valence electrons. The Hall–Kier alpha value is -1.89. The molecule has 0 saturated carbocycles. The van der Waals surface area contributed by atoms with Gasteiger partial charge >= 0.3 is 17.9 Å². The van der Waals surface area contributed by atoms with Gasteiger partial charge in [0.05, 0.1) is 26.2 Å². The highest BCUT2D eigenvalue weighted by molar-refractivity contribution is 5.71. The summed E-state index contributed by atoms with van der Waals surface area (Å²) in [5.74, 6) is -4.51. The fourth-order valence-corrected chi connectivity index (χ4v) is 5.92. The molecular formula is C34H64NO6+. The van der Waals surface area contributed by atoms with Crippen molar-refractivity contribution in [3.8, 4) is 0 Å². The van der Waals surface area contributed by atoms with E-state index in [1.807, 2.05) is 20.8 Å². The van der Waals surface area contributed by atoms with E-state index < -0.39 is 35.7 Å². The summed E-state index contributed by atoms with van der Waals surface area (Å²) in [7, 11) is 0. The zero-order valence-corrected chi connectivity index (χ0v) is 27.0. The molecule has 0 aliphatic heterocycles. The van der Waals surface area contributed by atoms with Gasteiger partial charge in [0.25, 0.3) is 0 Å². The molecule has 0 radical (unpaired) electrons. The maximum Gasteiger partial charge on any atom is 0.312 e. The minimum absolute atomic E-state index is 0.258. The lowest BCUT2D eigenvalue weighted by atomic mass is 9.95. The summed E-state index contributed by atoms with van der Waals surface area (Å²) in [6.07, 6.45) is 24.2. The van der Waals surface area contributed by atoms with E-state index in [1.54, 1.807) is 0 Å². The summed E-state index contributed by atoms with van der Waals surface area (Å²) in [5.41, 5.74) is 0. The van der Waals surface area contributed by atoms with Crippen LogP contribution in [0.1, 0.15) is 143 Å². The van der Waals surface area contributed by atoms with Gasteiger partial charge in [-0.25, -0.2) is 0 Å². The molecule has 0 fully saturated rings. The normalized spacial score (nSPS) is 15.4. The number of hydrogen-bond acceptors (Lipinski definition) is 3. The molecular weight excluding hydrogens is 518 g/mol. The lowest BCUT2D eigenvalue weighted by Gasteiger charge is -2.43. The Labute approximate surface area is 251 Å². The largest absolute Gasteiger partial charge is 0.481 e. The van der Waals surface area contributed by atoms with E-state index in [2.05, 4.69) is 19.1 Å². The Morgan fingerprint density at radius 1 is 0.512 bits per heavy atom. The number of nitrogens with zero attached hydrogens (tertiary/aromatic N) is 1. The lowest BCUT2D eigenvalue weighted by Crippen LogP contribution is -2.58. The first-order valence-corrected chi connectivity index (χ1v) is 16.8. The van der Waals surface area contributed by atoms with Crippen LogP contribution in [0, 0.1) is 17.8 Å². The third kappa shape index (κ3) is 19.0. The molecule has 3 N–H and O–H groups in total. The van der Waals surface area contributed by atoms with Gasteiger partial charge in [-0.3, -0.25) is 14.4 Å². The molecule has 0 aromatic rings. The molecule has 0 bridgehead atoms. The molecule has 0 aromatic carbocycles. The number of hydrogen-bond donors (Lipinski definition) is 3. The van der Waals surface area contributed by atoms with E-state index in [0.717, 1.165) is 19.3 Å². The minimum Gasteiger partial charge on any atom is -0.481 e. The zero-order valence-electron chi connectivity index (χ0n) is 27.0. The third-order valence-electron chi connectivity index (χ3n) is 8.74. The van der Waals surface area contributed by atoms with Crippen LogP contribution in [-0.4, -0.2) is 63.9 Å². The quantitative estimate of drug-likeness (QED) is 0.0463. The molecule has 3 unspecified atom stereocenters. The molecule has 7 nitrogen and oxygen atoms in total. The smallest absolute Gasteiger partial charge is 0.312 e. The first-order valence-electron chi connectivity index (χ1n) is 16.8. The SMILES string of the molecule is CCCCC/C=C/CCCCCCCCCCCC[N+](CC(CC)C(=O)O)(CC(CC)C(=O)O)CC(CC)C(=O)O. The lowest BCUT2D eigenvalue weighted by molar-refractivity contribution is -0.935. The summed E-state index contributed by atoms with van der Waals surface area (Å²) in [5, 5.41) is 29.4. The fourth-order valence-electron chi connectivity index (χ4n) is 5.92. The highest BCUT2D eigenvalue weighted by atomic mass is 16.4. The monoisotopic (exact) mass is 582 g/mol. The van der Waals surface area contributed by atoms with Crippen molar-refractivity contribution in [2.75, 3.05) is 26.2 Å². The van der Waals surface area contributed by atoms with Crippen LogP contribution in [0.4, 0.5) is 0 Å². The molecule has 0 aliphatic rings. The molecule has 0 saturated heterocycles. The van der Waals surface area contributed by atoms with E-state index in [0.29, 0.717) is 25.8 Å². The summed E-state index contributed by atoms with van der Waals surface area (Å²) < 4.78 is 0.258. The number of carboxylic acid groups (broad SMARTS) is 3. The van der Waals surface area contributed by atoms with Crippen LogP contribution >= 0.6 is 0 Å². The number of allylic oxidation sites excluding steroid dienone is 2. The summed E-state index contributed by atoms with van der Waals surface area (Å²) in [4.78, 5) is 35.9. The maximum atomic E-state index is 12.0. The van der Waals surface area contributed by atoms with Crippen LogP contribution in [-0.2, 0) is 14.4 Å². The Balaban J connectivity index is 4.78. The van der Waals surface area contributed by atoms with Crippen molar-refractivity contribution in [2.24, 2.45) is 17.8 Å². The van der Waals surface area contributed by atoms with Crippen LogP contribution in [0.15, 0.2) is 12.2 Å². The highest BCUT2D eigenvalue weighted by Crippen LogP contribution is 2.25. The number of carboxylic acids is 3. The first kappa shape index (κ1) is 39.1. The first-order chi connectivity index (χ1) is 19.7. The summed E-state index contributed by atoms with van der Waals surface area (Å²) in [6, 6.07) is 0. The predicted molar refractivity (Wildman–Crippen MR) is 168 cm³/mol. The van der Waals surface area contributed by atoms with Crippen molar-refractivity contribution in [3.05, 3.63) is 12.2 Å². The van der Waals surface area contributed by atoms with Gasteiger partial charge in [0.2, 0.25) is 0 Å². The van der Waals surface area contributed by atoms with Gasteiger partial charge < -0.3 is 19.8 Å². The number of unbranched alkanes of at least 4 members (excludes halogenated alkanes) is 13. The van der Waals surface area contributed by atoms with Crippen molar-refractivity contribution < 1.29 is 34.2 Å². The molecule has 0 amide bonds. The molecule has 0 heterocycles. The topological polar surface area (TPSA) is 112 Å². The van der Waals surface area contributed by atoms with Gasteiger partial charge in [0, 0.05) is 0 Å². The van der Waals surface area contributed by atoms with E-state index in [9.17, 15) is 29.7 Å². The Morgan fingerprint density at radius 2 is 0.829 bits per heavy atom. The van der Waals surface area contributed by atoms with Crippen molar-refractivity contribution in [1.82, 2.24) is 0 Å². The summed E-state index contributed by atoms with van der Waals surface area (Å²) >= 11 is 0. The Morgan fingerprint density at radius 3 is 1.15 bits per heavy atom.